The van der Waals surface area contributed by atoms with Gasteiger partial charge in [-0.15, -0.1) is 11.3 Å². The zero-order chi connectivity index (χ0) is 22.2. The lowest BCUT2D eigenvalue weighted by atomic mass is 10.1. The molecule has 2 aromatic heterocycles. The van der Waals surface area contributed by atoms with E-state index in [2.05, 4.69) is 39.4 Å². The lowest BCUT2D eigenvalue weighted by Gasteiger charge is -2.37. The summed E-state index contributed by atoms with van der Waals surface area (Å²) >= 11 is 1.71. The van der Waals surface area contributed by atoms with Gasteiger partial charge in [0.05, 0.1) is 25.1 Å². The number of carbonyl (C=O) groups is 1. The molecule has 1 amide bonds. The van der Waals surface area contributed by atoms with Crippen molar-refractivity contribution < 1.29 is 9.53 Å². The van der Waals surface area contributed by atoms with Crippen molar-refractivity contribution in [1.29, 1.82) is 0 Å². The summed E-state index contributed by atoms with van der Waals surface area (Å²) in [5.41, 5.74) is 2.41. The molecule has 0 atom stereocenters. The number of benzene rings is 1. The fourth-order valence-electron chi connectivity index (χ4n) is 4.74. The van der Waals surface area contributed by atoms with Gasteiger partial charge >= 0.3 is 0 Å². The lowest BCUT2D eigenvalue weighted by molar-refractivity contribution is -0.133. The molecule has 172 valence electrons. The summed E-state index contributed by atoms with van der Waals surface area (Å²) in [7, 11) is 0. The third kappa shape index (κ3) is 4.35. The Morgan fingerprint density at radius 3 is 2.48 bits per heavy atom. The maximum atomic E-state index is 12.9. The number of nitrogens with zero attached hydrogens (tertiary/aromatic N) is 5. The van der Waals surface area contributed by atoms with E-state index < -0.39 is 0 Å². The molecule has 4 heterocycles. The van der Waals surface area contributed by atoms with Crippen LogP contribution in [0.2, 0.25) is 0 Å². The molecule has 2 aliphatic heterocycles. The first-order valence-corrected chi connectivity index (χ1v) is 12.8. The summed E-state index contributed by atoms with van der Waals surface area (Å²) in [4.78, 5) is 30.6. The highest BCUT2D eigenvalue weighted by Gasteiger charge is 2.31. The van der Waals surface area contributed by atoms with Gasteiger partial charge < -0.3 is 14.5 Å². The maximum absolute atomic E-state index is 12.9. The van der Waals surface area contributed by atoms with Gasteiger partial charge in [0.2, 0.25) is 5.91 Å². The molecule has 3 fully saturated rings. The van der Waals surface area contributed by atoms with E-state index in [1.54, 1.807) is 11.3 Å². The number of fused-ring (bicyclic) bond motifs is 1. The molecule has 8 heteroatoms. The van der Waals surface area contributed by atoms with Crippen molar-refractivity contribution in [2.75, 3.05) is 63.9 Å². The fraction of sp³-hybridized carbons (Fsp3) is 0.480. The Balaban J connectivity index is 1.25. The molecule has 3 aliphatic rings. The summed E-state index contributed by atoms with van der Waals surface area (Å²) in [5.74, 6) is 2.77. The third-order valence-electron chi connectivity index (χ3n) is 6.85. The number of morpholine rings is 1. The topological polar surface area (TPSA) is 61.8 Å². The summed E-state index contributed by atoms with van der Waals surface area (Å²) < 4.78 is 5.41. The van der Waals surface area contributed by atoms with Crippen molar-refractivity contribution >= 4 is 33.3 Å². The number of rotatable bonds is 5. The van der Waals surface area contributed by atoms with E-state index in [1.807, 2.05) is 11.0 Å². The van der Waals surface area contributed by atoms with Crippen LogP contribution in [0.1, 0.15) is 24.6 Å². The Kier molecular flexibility index (Phi) is 5.73. The number of thiophene rings is 1. The molecule has 0 spiro atoms. The Labute approximate surface area is 198 Å². The second kappa shape index (κ2) is 9.00. The quantitative estimate of drug-likeness (QED) is 0.579. The number of piperazine rings is 1. The van der Waals surface area contributed by atoms with Gasteiger partial charge in [-0.05, 0) is 18.4 Å². The number of anilines is 1. The summed E-state index contributed by atoms with van der Waals surface area (Å²) in [6.07, 6.45) is 2.37. The first-order chi connectivity index (χ1) is 16.3. The van der Waals surface area contributed by atoms with E-state index >= 15 is 0 Å². The molecule has 1 aromatic carbocycles. The maximum Gasteiger partial charge on any atom is 0.236 e. The first-order valence-electron chi connectivity index (χ1n) is 11.9. The van der Waals surface area contributed by atoms with E-state index in [0.717, 1.165) is 74.3 Å². The predicted molar refractivity (Wildman–Crippen MR) is 131 cm³/mol. The molecule has 1 aliphatic carbocycles. The molecule has 2 saturated heterocycles. The van der Waals surface area contributed by atoms with E-state index in [-0.39, 0.29) is 5.91 Å². The van der Waals surface area contributed by atoms with Crippen molar-refractivity contribution in [3.05, 3.63) is 41.5 Å². The van der Waals surface area contributed by atoms with Crippen LogP contribution in [0.3, 0.4) is 0 Å². The van der Waals surface area contributed by atoms with Crippen molar-refractivity contribution in [2.24, 2.45) is 0 Å². The van der Waals surface area contributed by atoms with Crippen LogP contribution in [0.4, 0.5) is 5.82 Å². The van der Waals surface area contributed by atoms with Gasteiger partial charge in [-0.2, -0.15) is 0 Å². The number of ether oxygens (including phenoxy) is 1. The van der Waals surface area contributed by atoms with Crippen LogP contribution < -0.4 is 4.90 Å². The smallest absolute Gasteiger partial charge is 0.236 e. The summed E-state index contributed by atoms with van der Waals surface area (Å²) in [6.45, 7) is 6.69. The van der Waals surface area contributed by atoms with E-state index in [4.69, 9.17) is 14.7 Å². The minimum Gasteiger partial charge on any atom is -0.379 e. The zero-order valence-electron chi connectivity index (χ0n) is 18.8. The number of amides is 1. The van der Waals surface area contributed by atoms with Crippen LogP contribution >= 0.6 is 11.3 Å². The summed E-state index contributed by atoms with van der Waals surface area (Å²) in [5, 5.41) is 3.38. The van der Waals surface area contributed by atoms with Gasteiger partial charge in [-0.25, -0.2) is 9.97 Å². The Morgan fingerprint density at radius 1 is 1.00 bits per heavy atom. The van der Waals surface area contributed by atoms with Crippen molar-refractivity contribution in [3.63, 3.8) is 0 Å². The number of hydrogen-bond donors (Lipinski definition) is 0. The molecule has 7 nitrogen and oxygen atoms in total. The van der Waals surface area contributed by atoms with Gasteiger partial charge in [-0.3, -0.25) is 9.69 Å². The molecule has 0 N–H and O–H groups in total. The van der Waals surface area contributed by atoms with Crippen LogP contribution in [0.5, 0.6) is 0 Å². The molecule has 33 heavy (non-hydrogen) atoms. The van der Waals surface area contributed by atoms with Gasteiger partial charge in [0.1, 0.15) is 16.5 Å². The zero-order valence-corrected chi connectivity index (χ0v) is 19.6. The standard InChI is InChI=1S/C25H29N5O2S/c31-21(16-28-12-14-32-15-13-28)29-8-10-30(11-9-29)24-22-20(18-4-2-1-3-5-18)17-33-25(22)27-23(26-24)19-6-7-19/h1-5,17,19H,6-16H2. The molecular formula is C25H29N5O2S. The first kappa shape index (κ1) is 21.0. The summed E-state index contributed by atoms with van der Waals surface area (Å²) in [6, 6.07) is 10.5. The number of carbonyl (C=O) groups excluding carboxylic acids is 1. The molecule has 6 rings (SSSR count). The van der Waals surface area contributed by atoms with Crippen LogP contribution in [0, 0.1) is 0 Å². The Morgan fingerprint density at radius 2 is 1.76 bits per heavy atom. The highest BCUT2D eigenvalue weighted by molar-refractivity contribution is 7.17. The van der Waals surface area contributed by atoms with Crippen molar-refractivity contribution in [2.45, 2.75) is 18.8 Å². The fourth-order valence-corrected chi connectivity index (χ4v) is 5.69. The van der Waals surface area contributed by atoms with Crippen LogP contribution in [-0.4, -0.2) is 84.7 Å². The van der Waals surface area contributed by atoms with E-state index in [9.17, 15) is 4.79 Å². The minimum atomic E-state index is 0.226. The largest absolute Gasteiger partial charge is 0.379 e. The average molecular weight is 464 g/mol. The number of aromatic nitrogens is 2. The molecule has 0 bridgehead atoms. The molecule has 0 unspecified atom stereocenters. The predicted octanol–water partition coefficient (Wildman–Crippen LogP) is 3.22. The van der Waals surface area contributed by atoms with E-state index in [1.165, 1.54) is 24.0 Å². The SMILES string of the molecule is O=C(CN1CCOCC1)N1CCN(c2nc(C3CC3)nc3scc(-c4ccccc4)c23)CC1. The molecule has 3 aromatic rings. The average Bonchev–Trinajstić information content (AvgIpc) is 3.64. The van der Waals surface area contributed by atoms with Crippen LogP contribution in [0.15, 0.2) is 35.7 Å². The van der Waals surface area contributed by atoms with Crippen LogP contribution in [-0.2, 0) is 9.53 Å². The van der Waals surface area contributed by atoms with Crippen molar-refractivity contribution in [3.8, 4) is 11.1 Å². The van der Waals surface area contributed by atoms with Crippen molar-refractivity contribution in [1.82, 2.24) is 19.8 Å². The van der Waals surface area contributed by atoms with Gasteiger partial charge in [0.25, 0.3) is 0 Å². The molecule has 0 radical (unpaired) electrons. The van der Waals surface area contributed by atoms with E-state index in [0.29, 0.717) is 12.5 Å². The second-order valence-electron chi connectivity index (χ2n) is 9.13. The van der Waals surface area contributed by atoms with Gasteiger partial charge in [0, 0.05) is 56.1 Å². The normalized spacial score (nSPS) is 19.9. The highest BCUT2D eigenvalue weighted by atomic mass is 32.1. The Hall–Kier alpha value is -2.55. The minimum absolute atomic E-state index is 0.226. The third-order valence-corrected chi connectivity index (χ3v) is 7.73. The van der Waals surface area contributed by atoms with Gasteiger partial charge in [0.15, 0.2) is 0 Å². The monoisotopic (exact) mass is 463 g/mol. The van der Waals surface area contributed by atoms with Crippen LogP contribution in [0.25, 0.3) is 21.3 Å². The number of hydrogen-bond acceptors (Lipinski definition) is 7. The Bertz CT molecular complexity index is 1130. The lowest BCUT2D eigenvalue weighted by Crippen LogP contribution is -2.52. The second-order valence-corrected chi connectivity index (χ2v) is 9.99. The molecular weight excluding hydrogens is 434 g/mol. The molecule has 1 saturated carbocycles. The van der Waals surface area contributed by atoms with Gasteiger partial charge in [-0.1, -0.05) is 30.3 Å². The highest BCUT2D eigenvalue weighted by Crippen LogP contribution is 2.43.